The van der Waals surface area contributed by atoms with E-state index in [1.807, 2.05) is 0 Å². The SMILES string of the molecule is CCCCCCCCCCCCC[n+]1ccn(CC)c1CCCCCCCCCCC. The molecule has 0 bridgehead atoms. The highest BCUT2D eigenvalue weighted by atomic mass is 15.1. The third-order valence-electron chi connectivity index (χ3n) is 6.94. The van der Waals surface area contributed by atoms with Gasteiger partial charge in [-0.05, 0) is 26.2 Å². The lowest BCUT2D eigenvalue weighted by Crippen LogP contribution is -2.37. The molecule has 2 nitrogen and oxygen atoms in total. The van der Waals surface area contributed by atoms with Gasteiger partial charge in [-0.2, -0.15) is 0 Å². The zero-order valence-electron chi connectivity index (χ0n) is 21.8. The van der Waals surface area contributed by atoms with E-state index in [2.05, 4.69) is 42.3 Å². The van der Waals surface area contributed by atoms with Crippen molar-refractivity contribution in [2.24, 2.45) is 0 Å². The van der Waals surface area contributed by atoms with Crippen molar-refractivity contribution in [2.45, 2.75) is 169 Å². The lowest BCUT2D eigenvalue weighted by Gasteiger charge is -2.06. The average Bonchev–Trinajstić information content (AvgIpc) is 3.18. The fourth-order valence-electron chi connectivity index (χ4n) is 4.82. The smallest absolute Gasteiger partial charge is 0.235 e. The van der Waals surface area contributed by atoms with Crippen molar-refractivity contribution >= 4 is 0 Å². The van der Waals surface area contributed by atoms with Crippen molar-refractivity contribution in [1.29, 1.82) is 0 Å². The van der Waals surface area contributed by atoms with Crippen LogP contribution in [0.5, 0.6) is 0 Å². The average molecular weight is 434 g/mol. The van der Waals surface area contributed by atoms with Crippen LogP contribution in [0.4, 0.5) is 0 Å². The number of imidazole rings is 1. The van der Waals surface area contributed by atoms with Gasteiger partial charge >= 0.3 is 0 Å². The first-order valence-electron chi connectivity index (χ1n) is 14.4. The van der Waals surface area contributed by atoms with Gasteiger partial charge in [0.15, 0.2) is 0 Å². The molecule has 0 saturated heterocycles. The summed E-state index contributed by atoms with van der Waals surface area (Å²) in [6, 6.07) is 0. The molecule has 1 rings (SSSR count). The number of rotatable bonds is 23. The molecule has 0 unspecified atom stereocenters. The minimum absolute atomic E-state index is 1.11. The number of aromatic nitrogens is 2. The summed E-state index contributed by atoms with van der Waals surface area (Å²) in [7, 11) is 0. The van der Waals surface area contributed by atoms with Crippen LogP contribution in [-0.4, -0.2) is 4.57 Å². The Morgan fingerprint density at radius 2 is 0.968 bits per heavy atom. The Morgan fingerprint density at radius 3 is 1.42 bits per heavy atom. The van der Waals surface area contributed by atoms with Crippen LogP contribution in [0.2, 0.25) is 0 Å². The van der Waals surface area contributed by atoms with Crippen LogP contribution in [0.15, 0.2) is 12.4 Å². The van der Waals surface area contributed by atoms with Gasteiger partial charge in [0, 0.05) is 6.42 Å². The van der Waals surface area contributed by atoms with E-state index in [4.69, 9.17) is 0 Å². The normalized spacial score (nSPS) is 11.5. The summed E-state index contributed by atoms with van der Waals surface area (Å²) >= 11 is 0. The quantitative estimate of drug-likeness (QED) is 0.120. The monoisotopic (exact) mass is 433 g/mol. The molecule has 0 atom stereocenters. The highest BCUT2D eigenvalue weighted by Crippen LogP contribution is 2.13. The predicted molar refractivity (Wildman–Crippen MR) is 138 cm³/mol. The van der Waals surface area contributed by atoms with E-state index in [0.29, 0.717) is 0 Å². The molecule has 0 aromatic carbocycles. The zero-order chi connectivity index (χ0) is 22.4. The third kappa shape index (κ3) is 14.8. The number of hydrogen-bond donors (Lipinski definition) is 0. The highest BCUT2D eigenvalue weighted by molar-refractivity contribution is 4.83. The van der Waals surface area contributed by atoms with E-state index in [0.717, 1.165) is 6.54 Å². The maximum atomic E-state index is 2.56. The van der Waals surface area contributed by atoms with Crippen LogP contribution >= 0.6 is 0 Å². The Hall–Kier alpha value is -0.790. The van der Waals surface area contributed by atoms with Crippen LogP contribution in [0.3, 0.4) is 0 Å². The molecule has 0 fully saturated rings. The number of hydrogen-bond acceptors (Lipinski definition) is 0. The van der Waals surface area contributed by atoms with E-state index >= 15 is 0 Å². The van der Waals surface area contributed by atoms with Crippen LogP contribution in [0, 0.1) is 0 Å². The maximum absolute atomic E-state index is 2.56. The molecular formula is C29H57N2+. The van der Waals surface area contributed by atoms with Gasteiger partial charge in [0.25, 0.3) is 5.82 Å². The van der Waals surface area contributed by atoms with Gasteiger partial charge in [0.1, 0.15) is 12.4 Å². The molecule has 0 aliphatic carbocycles. The van der Waals surface area contributed by atoms with Gasteiger partial charge in [0.2, 0.25) is 0 Å². The largest absolute Gasteiger partial charge is 0.256 e. The number of aryl methyl sites for hydroxylation is 2. The molecule has 1 heterocycles. The Morgan fingerprint density at radius 1 is 0.548 bits per heavy atom. The summed E-state index contributed by atoms with van der Waals surface area (Å²) < 4.78 is 5.03. The van der Waals surface area contributed by atoms with E-state index in [-0.39, 0.29) is 0 Å². The van der Waals surface area contributed by atoms with Crippen molar-refractivity contribution in [2.75, 3.05) is 0 Å². The molecule has 182 valence electrons. The van der Waals surface area contributed by atoms with Gasteiger partial charge in [0.05, 0.1) is 13.1 Å². The van der Waals surface area contributed by atoms with E-state index < -0.39 is 0 Å². The molecule has 0 aliphatic rings. The minimum Gasteiger partial charge on any atom is -0.235 e. The summed E-state index contributed by atoms with van der Waals surface area (Å²) in [6.45, 7) is 9.21. The van der Waals surface area contributed by atoms with Crippen molar-refractivity contribution in [1.82, 2.24) is 4.57 Å². The molecule has 0 N–H and O–H groups in total. The molecule has 0 spiro atoms. The van der Waals surface area contributed by atoms with Crippen molar-refractivity contribution < 1.29 is 4.57 Å². The van der Waals surface area contributed by atoms with E-state index in [9.17, 15) is 0 Å². The molecule has 1 aromatic heterocycles. The van der Waals surface area contributed by atoms with Crippen LogP contribution in [0.25, 0.3) is 0 Å². The Labute approximate surface area is 196 Å². The zero-order valence-corrected chi connectivity index (χ0v) is 21.8. The van der Waals surface area contributed by atoms with E-state index in [1.165, 1.54) is 141 Å². The topological polar surface area (TPSA) is 8.81 Å². The molecule has 0 aliphatic heterocycles. The molecule has 0 radical (unpaired) electrons. The fourth-order valence-corrected chi connectivity index (χ4v) is 4.82. The van der Waals surface area contributed by atoms with E-state index in [1.54, 1.807) is 5.82 Å². The molecule has 0 saturated carbocycles. The van der Waals surface area contributed by atoms with Crippen molar-refractivity contribution in [3.63, 3.8) is 0 Å². The predicted octanol–water partition coefficient (Wildman–Crippen LogP) is 9.18. The first-order valence-corrected chi connectivity index (χ1v) is 14.4. The second-order valence-corrected chi connectivity index (χ2v) is 9.81. The second kappa shape index (κ2) is 21.1. The summed E-state index contributed by atoms with van der Waals surface area (Å²) in [6.07, 6.45) is 34.4. The number of unbranched alkanes of at least 4 members (excludes halogenated alkanes) is 18. The van der Waals surface area contributed by atoms with Gasteiger partial charge in [-0.15, -0.1) is 0 Å². The van der Waals surface area contributed by atoms with Crippen LogP contribution in [-0.2, 0) is 19.5 Å². The van der Waals surface area contributed by atoms with Crippen LogP contribution in [0.1, 0.15) is 155 Å². The van der Waals surface area contributed by atoms with Crippen molar-refractivity contribution in [3.05, 3.63) is 18.2 Å². The highest BCUT2D eigenvalue weighted by Gasteiger charge is 2.15. The molecular weight excluding hydrogens is 376 g/mol. The van der Waals surface area contributed by atoms with Crippen LogP contribution < -0.4 is 4.57 Å². The minimum atomic E-state index is 1.11. The van der Waals surface area contributed by atoms with Gasteiger partial charge in [-0.1, -0.05) is 123 Å². The van der Waals surface area contributed by atoms with Gasteiger partial charge in [-0.25, -0.2) is 9.13 Å². The standard InChI is InChI=1S/C29H57N2/c1-4-7-9-11-13-15-16-18-20-22-24-26-31-28-27-30(6-3)29(31)25-23-21-19-17-14-12-10-8-5-2/h27-28H,4-26H2,1-3H3/q+1. The number of nitrogens with zero attached hydrogens (tertiary/aromatic N) is 2. The molecule has 2 heteroatoms. The first-order chi connectivity index (χ1) is 15.3. The van der Waals surface area contributed by atoms with Gasteiger partial charge < -0.3 is 0 Å². The summed E-state index contributed by atoms with van der Waals surface area (Å²) in [5.41, 5.74) is 0. The molecule has 0 amide bonds. The van der Waals surface area contributed by atoms with Gasteiger partial charge in [-0.3, -0.25) is 0 Å². The molecule has 1 aromatic rings. The second-order valence-electron chi connectivity index (χ2n) is 9.81. The fraction of sp³-hybridized carbons (Fsp3) is 0.897. The molecule has 31 heavy (non-hydrogen) atoms. The summed E-state index contributed by atoms with van der Waals surface area (Å²) in [5.74, 6) is 1.57. The Kier molecular flexibility index (Phi) is 19.2. The summed E-state index contributed by atoms with van der Waals surface area (Å²) in [5, 5.41) is 0. The Bertz CT molecular complexity index is 491. The van der Waals surface area contributed by atoms with Crippen molar-refractivity contribution in [3.8, 4) is 0 Å². The third-order valence-corrected chi connectivity index (χ3v) is 6.94. The Balaban J connectivity index is 2.10. The lowest BCUT2D eigenvalue weighted by atomic mass is 10.1. The first kappa shape index (κ1) is 28.2. The lowest BCUT2D eigenvalue weighted by molar-refractivity contribution is -0.704. The summed E-state index contributed by atoms with van der Waals surface area (Å²) in [4.78, 5) is 0. The maximum Gasteiger partial charge on any atom is 0.256 e.